The highest BCUT2D eigenvalue weighted by molar-refractivity contribution is 7.16. The summed E-state index contributed by atoms with van der Waals surface area (Å²) in [5, 5.41) is 3.63. The molecule has 0 radical (unpaired) electrons. The van der Waals surface area contributed by atoms with Crippen molar-refractivity contribution in [1.29, 1.82) is 0 Å². The van der Waals surface area contributed by atoms with Gasteiger partial charge in [0.15, 0.2) is 0 Å². The van der Waals surface area contributed by atoms with Crippen LogP contribution in [0.25, 0.3) is 16.2 Å². The summed E-state index contributed by atoms with van der Waals surface area (Å²) in [5.74, 6) is 8.36. The number of methoxy groups -OCH3 is 1. The molecule has 162 valence electrons. The van der Waals surface area contributed by atoms with E-state index < -0.39 is 0 Å². The van der Waals surface area contributed by atoms with Crippen LogP contribution in [-0.2, 0) is 6.54 Å². The van der Waals surface area contributed by atoms with Crippen LogP contribution < -0.4 is 10.1 Å². The zero-order valence-corrected chi connectivity index (χ0v) is 19.3. The number of hydrogen-bond donors (Lipinski definition) is 1. The molecule has 0 aliphatic rings. The number of pyridine rings is 1. The zero-order valence-electron chi connectivity index (χ0n) is 18.5. The number of ether oxygens (including phenoxy) is 1. The highest BCUT2D eigenvalue weighted by Gasteiger charge is 2.17. The van der Waals surface area contributed by atoms with E-state index in [1.807, 2.05) is 60.7 Å². The van der Waals surface area contributed by atoms with Crippen molar-refractivity contribution in [3.63, 3.8) is 0 Å². The summed E-state index contributed by atoms with van der Waals surface area (Å²) in [6.45, 7) is 2.76. The first-order valence-electron chi connectivity index (χ1n) is 10.7. The van der Waals surface area contributed by atoms with Crippen molar-refractivity contribution in [2.75, 3.05) is 12.4 Å². The first-order chi connectivity index (χ1) is 16.2. The Morgan fingerprint density at radius 3 is 2.64 bits per heavy atom. The summed E-state index contributed by atoms with van der Waals surface area (Å²) in [6.07, 6.45) is 0. The Labute approximate surface area is 197 Å². The van der Waals surface area contributed by atoms with E-state index in [4.69, 9.17) is 9.72 Å². The summed E-state index contributed by atoms with van der Waals surface area (Å²) in [6, 6.07) is 28.5. The average Bonchev–Trinajstić information content (AvgIpc) is 3.47. The van der Waals surface area contributed by atoms with E-state index in [0.29, 0.717) is 6.54 Å². The van der Waals surface area contributed by atoms with Crippen LogP contribution in [0.4, 0.5) is 5.82 Å². The molecule has 0 amide bonds. The second-order valence-corrected chi connectivity index (χ2v) is 8.74. The number of anilines is 1. The van der Waals surface area contributed by atoms with E-state index in [1.165, 1.54) is 0 Å². The molecule has 5 aromatic rings. The molecule has 33 heavy (non-hydrogen) atoms. The van der Waals surface area contributed by atoms with E-state index >= 15 is 0 Å². The van der Waals surface area contributed by atoms with E-state index in [2.05, 4.69) is 52.7 Å². The Morgan fingerprint density at radius 1 is 0.939 bits per heavy atom. The Hall–Kier alpha value is -4.01. The highest BCUT2D eigenvalue weighted by atomic mass is 32.1. The first-order valence-corrected chi connectivity index (χ1v) is 11.5. The molecule has 0 aliphatic heterocycles. The van der Waals surface area contributed by atoms with Gasteiger partial charge in [0.1, 0.15) is 22.9 Å². The van der Waals surface area contributed by atoms with E-state index in [1.54, 1.807) is 18.4 Å². The lowest BCUT2D eigenvalue weighted by molar-refractivity contribution is 0.414. The van der Waals surface area contributed by atoms with Gasteiger partial charge in [0.25, 0.3) is 0 Å². The topological polar surface area (TPSA) is 38.6 Å². The quantitative estimate of drug-likeness (QED) is 0.316. The van der Waals surface area contributed by atoms with Crippen LogP contribution in [0.1, 0.15) is 21.7 Å². The predicted octanol–water partition coefficient (Wildman–Crippen LogP) is 6.39. The molecule has 1 N–H and O–H groups in total. The molecule has 3 aromatic heterocycles. The third kappa shape index (κ3) is 4.48. The fourth-order valence-electron chi connectivity index (χ4n) is 3.75. The van der Waals surface area contributed by atoms with Gasteiger partial charge in [-0.05, 0) is 61.0 Å². The molecule has 0 saturated carbocycles. The van der Waals surface area contributed by atoms with Gasteiger partial charge in [-0.3, -0.25) is 4.40 Å². The van der Waals surface area contributed by atoms with Gasteiger partial charge >= 0.3 is 0 Å². The number of benzene rings is 2. The molecule has 0 fully saturated rings. The minimum Gasteiger partial charge on any atom is -0.497 e. The lowest BCUT2D eigenvalue weighted by Crippen LogP contribution is -2.04. The van der Waals surface area contributed by atoms with Gasteiger partial charge in [0.05, 0.1) is 16.9 Å². The molecule has 3 heterocycles. The maximum Gasteiger partial charge on any atom is 0.140 e. The molecular formula is C28H23N3OS. The van der Waals surface area contributed by atoms with Crippen LogP contribution >= 0.6 is 11.3 Å². The van der Waals surface area contributed by atoms with E-state index in [9.17, 15) is 0 Å². The maximum absolute atomic E-state index is 5.38. The second-order valence-electron chi connectivity index (χ2n) is 7.65. The molecule has 0 atom stereocenters. The van der Waals surface area contributed by atoms with Gasteiger partial charge in [-0.1, -0.05) is 48.2 Å². The summed E-state index contributed by atoms with van der Waals surface area (Å²) < 4.78 is 7.55. The molecule has 5 rings (SSSR count). The fraction of sp³-hybridized carbons (Fsp3) is 0.107. The third-order valence-corrected chi connectivity index (χ3v) is 6.38. The van der Waals surface area contributed by atoms with Gasteiger partial charge in [-0.15, -0.1) is 11.3 Å². The third-order valence-electron chi connectivity index (χ3n) is 5.38. The number of imidazole rings is 1. The SMILES string of the molecule is COc1cccc(CNc2c(-c3ccc(C#Cc4ccccc4)s3)nc3cccc(C)n23)c1. The highest BCUT2D eigenvalue weighted by Crippen LogP contribution is 2.34. The number of aryl methyl sites for hydroxylation is 1. The number of hydrogen-bond acceptors (Lipinski definition) is 4. The predicted molar refractivity (Wildman–Crippen MR) is 136 cm³/mol. The van der Waals surface area contributed by atoms with Crippen molar-refractivity contribution in [2.45, 2.75) is 13.5 Å². The smallest absolute Gasteiger partial charge is 0.140 e. The Morgan fingerprint density at radius 2 is 1.79 bits per heavy atom. The monoisotopic (exact) mass is 449 g/mol. The van der Waals surface area contributed by atoms with Crippen LogP contribution in [0.15, 0.2) is 84.9 Å². The molecule has 0 bridgehead atoms. The van der Waals surface area contributed by atoms with Gasteiger partial charge in [0, 0.05) is 17.8 Å². The van der Waals surface area contributed by atoms with Crippen molar-refractivity contribution in [1.82, 2.24) is 9.38 Å². The van der Waals surface area contributed by atoms with Crippen LogP contribution in [0.3, 0.4) is 0 Å². The van der Waals surface area contributed by atoms with Gasteiger partial charge in [-0.2, -0.15) is 0 Å². The minimum absolute atomic E-state index is 0.665. The summed E-state index contributed by atoms with van der Waals surface area (Å²) in [7, 11) is 1.69. The number of aromatic nitrogens is 2. The summed E-state index contributed by atoms with van der Waals surface area (Å²) >= 11 is 1.66. The number of nitrogens with one attached hydrogen (secondary N) is 1. The Balaban J connectivity index is 1.50. The average molecular weight is 450 g/mol. The standard InChI is InChI=1S/C28H23N3OS/c1-20-8-6-13-26-30-27(25-17-16-24(33-25)15-14-21-9-4-3-5-10-21)28(31(20)26)29-19-22-11-7-12-23(18-22)32-2/h3-13,16-18,29H,19H2,1-2H3. The summed E-state index contributed by atoms with van der Waals surface area (Å²) in [4.78, 5) is 7.06. The van der Waals surface area contributed by atoms with Gasteiger partial charge < -0.3 is 10.1 Å². The normalized spacial score (nSPS) is 10.6. The Bertz CT molecular complexity index is 1470. The molecule has 0 saturated heterocycles. The summed E-state index contributed by atoms with van der Waals surface area (Å²) in [5.41, 5.74) is 5.13. The van der Waals surface area contributed by atoms with Gasteiger partial charge in [0.2, 0.25) is 0 Å². The zero-order chi connectivity index (χ0) is 22.6. The van der Waals surface area contributed by atoms with Crippen molar-refractivity contribution in [3.05, 3.63) is 107 Å². The van der Waals surface area contributed by atoms with E-state index in [0.717, 1.165) is 49.5 Å². The fourth-order valence-corrected chi connectivity index (χ4v) is 4.60. The molecule has 0 spiro atoms. The van der Waals surface area contributed by atoms with Crippen LogP contribution in [0, 0.1) is 18.8 Å². The lowest BCUT2D eigenvalue weighted by Gasteiger charge is -2.11. The molecular weight excluding hydrogens is 426 g/mol. The molecule has 0 unspecified atom stereocenters. The number of thiophene rings is 1. The van der Waals surface area contributed by atoms with Crippen LogP contribution in [0.2, 0.25) is 0 Å². The Kier molecular flexibility index (Phi) is 5.84. The molecule has 2 aromatic carbocycles. The lowest BCUT2D eigenvalue weighted by atomic mass is 10.2. The minimum atomic E-state index is 0.665. The van der Waals surface area contributed by atoms with Crippen molar-refractivity contribution >= 4 is 22.8 Å². The number of fused-ring (bicyclic) bond motifs is 1. The molecule has 4 nitrogen and oxygen atoms in total. The van der Waals surface area contributed by atoms with Crippen molar-refractivity contribution in [3.8, 4) is 28.2 Å². The largest absolute Gasteiger partial charge is 0.497 e. The molecule has 5 heteroatoms. The first kappa shape index (κ1) is 20.9. The van der Waals surface area contributed by atoms with Gasteiger partial charge in [-0.25, -0.2) is 4.98 Å². The van der Waals surface area contributed by atoms with Crippen LogP contribution in [0.5, 0.6) is 5.75 Å². The maximum atomic E-state index is 5.38. The number of rotatable bonds is 5. The van der Waals surface area contributed by atoms with Crippen molar-refractivity contribution in [2.24, 2.45) is 0 Å². The van der Waals surface area contributed by atoms with E-state index in [-0.39, 0.29) is 0 Å². The number of nitrogens with zero attached hydrogens (tertiary/aromatic N) is 2. The second kappa shape index (κ2) is 9.23. The van der Waals surface area contributed by atoms with Crippen LogP contribution in [-0.4, -0.2) is 16.5 Å². The molecule has 0 aliphatic carbocycles. The van der Waals surface area contributed by atoms with Crippen molar-refractivity contribution < 1.29 is 4.74 Å².